The smallest absolute Gasteiger partial charge is 0.256 e. The van der Waals surface area contributed by atoms with Crippen LogP contribution >= 0.6 is 0 Å². The van der Waals surface area contributed by atoms with Crippen LogP contribution in [0.3, 0.4) is 0 Å². The Kier molecular flexibility index (Phi) is 5.41. The highest BCUT2D eigenvalue weighted by Gasteiger charge is 2.32. The largest absolute Gasteiger partial charge is 0.358 e. The van der Waals surface area contributed by atoms with E-state index in [0.29, 0.717) is 12.8 Å². The summed E-state index contributed by atoms with van der Waals surface area (Å²) in [7, 11) is -0.640. The van der Waals surface area contributed by atoms with E-state index < -0.39 is 50.1 Å². The van der Waals surface area contributed by atoms with Gasteiger partial charge in [0.2, 0.25) is 10.0 Å². The molecule has 1 aromatic heterocycles. The number of aromatic amines is 1. The lowest BCUT2D eigenvalue weighted by atomic mass is 9.99. The van der Waals surface area contributed by atoms with E-state index in [1.807, 2.05) is 0 Å². The van der Waals surface area contributed by atoms with Gasteiger partial charge in [0.15, 0.2) is 23.3 Å². The number of benzene rings is 1. The normalized spacial score (nSPS) is 18.2. The van der Waals surface area contributed by atoms with Gasteiger partial charge in [0.05, 0.1) is 22.2 Å². The molecule has 6 nitrogen and oxygen atoms in total. The predicted octanol–water partition coefficient (Wildman–Crippen LogP) is 2.47. The minimum atomic E-state index is -3.47. The molecule has 11 heteroatoms. The van der Waals surface area contributed by atoms with E-state index >= 15 is 0 Å². The van der Waals surface area contributed by atoms with E-state index in [1.165, 1.54) is 19.0 Å². The lowest BCUT2D eigenvalue weighted by Crippen LogP contribution is -2.43. The van der Waals surface area contributed by atoms with Crippen LogP contribution in [0, 0.1) is 29.2 Å². The maximum Gasteiger partial charge on any atom is 0.256 e. The van der Waals surface area contributed by atoms with Crippen molar-refractivity contribution in [3.8, 4) is 0 Å². The topological polar surface area (TPSA) is 73.5 Å². The Morgan fingerprint density at radius 3 is 2.46 bits per heavy atom. The van der Waals surface area contributed by atoms with Crippen LogP contribution in [0.15, 0.2) is 6.20 Å². The number of hydrogen-bond acceptors (Lipinski definition) is 3. The molecule has 0 saturated carbocycles. The molecule has 0 spiro atoms. The third kappa shape index (κ3) is 3.48. The number of nitrogens with zero attached hydrogens (tertiary/aromatic N) is 2. The van der Waals surface area contributed by atoms with Crippen molar-refractivity contribution in [2.24, 2.45) is 5.92 Å². The number of piperidine rings is 1. The summed E-state index contributed by atoms with van der Waals surface area (Å²) in [5, 5.41) is -0.663. The van der Waals surface area contributed by atoms with Crippen LogP contribution in [-0.2, 0) is 10.0 Å². The summed E-state index contributed by atoms with van der Waals surface area (Å²) in [6.07, 6.45) is 2.12. The highest BCUT2D eigenvalue weighted by Crippen LogP contribution is 2.30. The fourth-order valence-corrected chi connectivity index (χ4v) is 4.57. The van der Waals surface area contributed by atoms with Crippen molar-refractivity contribution in [3.63, 3.8) is 0 Å². The van der Waals surface area contributed by atoms with Gasteiger partial charge >= 0.3 is 0 Å². The van der Waals surface area contributed by atoms with Gasteiger partial charge in [-0.25, -0.2) is 30.3 Å². The number of likely N-dealkylation sites (tertiary alicyclic amines) is 1. The molecule has 154 valence electrons. The molecule has 1 saturated heterocycles. The molecule has 1 fully saturated rings. The van der Waals surface area contributed by atoms with Gasteiger partial charge < -0.3 is 9.88 Å². The summed E-state index contributed by atoms with van der Waals surface area (Å²) in [6.45, 7) is 0.393. The third-order valence-corrected chi connectivity index (χ3v) is 6.94. The second-order valence-electron chi connectivity index (χ2n) is 7.03. The molecule has 1 aliphatic rings. The van der Waals surface area contributed by atoms with Crippen LogP contribution in [0.1, 0.15) is 23.2 Å². The van der Waals surface area contributed by atoms with Crippen molar-refractivity contribution in [3.05, 3.63) is 35.0 Å². The Morgan fingerprint density at radius 2 is 1.82 bits per heavy atom. The molecule has 1 amide bonds. The van der Waals surface area contributed by atoms with E-state index in [-0.39, 0.29) is 30.3 Å². The molecule has 0 bridgehead atoms. The summed E-state index contributed by atoms with van der Waals surface area (Å²) in [5.74, 6) is -8.40. The first-order valence-electron chi connectivity index (χ1n) is 8.57. The molecule has 1 aromatic carbocycles. The Bertz CT molecular complexity index is 1040. The number of sulfonamides is 1. The standard InChI is InChI=1S/C17H19F4N3O3S/c1-23(2)28(26,27)8-9-4-3-5-24(7-9)17(25)10-6-22-16-11(10)12(18)13(19)14(20)15(16)21/h6,9,22H,3-5,7-8H2,1-2H3/t9-/m0/s1. The summed E-state index contributed by atoms with van der Waals surface area (Å²) in [5.41, 5.74) is -0.968. The van der Waals surface area contributed by atoms with Gasteiger partial charge in [0, 0.05) is 33.4 Å². The third-order valence-electron chi connectivity index (χ3n) is 4.94. The highest BCUT2D eigenvalue weighted by molar-refractivity contribution is 7.89. The van der Waals surface area contributed by atoms with Gasteiger partial charge in [0.25, 0.3) is 5.91 Å². The fraction of sp³-hybridized carbons (Fsp3) is 0.471. The average molecular weight is 421 g/mol. The number of rotatable bonds is 4. The van der Waals surface area contributed by atoms with Gasteiger partial charge in [-0.1, -0.05) is 0 Å². The first kappa shape index (κ1) is 20.6. The molecule has 3 rings (SSSR count). The van der Waals surface area contributed by atoms with Crippen molar-refractivity contribution in [2.75, 3.05) is 32.9 Å². The highest BCUT2D eigenvalue weighted by atomic mass is 32.2. The number of H-pyrrole nitrogens is 1. The zero-order valence-corrected chi connectivity index (χ0v) is 16.0. The van der Waals surface area contributed by atoms with Crippen LogP contribution < -0.4 is 0 Å². The van der Waals surface area contributed by atoms with Gasteiger partial charge in [-0.2, -0.15) is 0 Å². The van der Waals surface area contributed by atoms with Gasteiger partial charge in [-0.05, 0) is 18.8 Å². The van der Waals surface area contributed by atoms with E-state index in [0.717, 1.165) is 10.5 Å². The maximum absolute atomic E-state index is 14.2. The number of fused-ring (bicyclic) bond motifs is 1. The number of nitrogens with one attached hydrogen (secondary N) is 1. The molecule has 0 aliphatic carbocycles. The molecule has 0 radical (unpaired) electrons. The average Bonchev–Trinajstić information content (AvgIpc) is 3.09. The van der Waals surface area contributed by atoms with Gasteiger partial charge in [0.1, 0.15) is 0 Å². The lowest BCUT2D eigenvalue weighted by molar-refractivity contribution is 0.0685. The van der Waals surface area contributed by atoms with E-state index in [9.17, 15) is 30.8 Å². The summed E-state index contributed by atoms with van der Waals surface area (Å²) in [6, 6.07) is 0. The Hall–Kier alpha value is -2.14. The van der Waals surface area contributed by atoms with Gasteiger partial charge in [-0.3, -0.25) is 4.79 Å². The second kappa shape index (κ2) is 7.36. The molecule has 2 aromatic rings. The monoisotopic (exact) mass is 421 g/mol. The van der Waals surface area contributed by atoms with E-state index in [4.69, 9.17) is 0 Å². The molecule has 2 heterocycles. The Labute approximate surface area is 159 Å². The fourth-order valence-electron chi connectivity index (χ4n) is 3.41. The number of halogens is 4. The van der Waals surface area contributed by atoms with Crippen LogP contribution in [-0.4, -0.2) is 61.5 Å². The molecular formula is C17H19F4N3O3S. The number of carbonyl (C=O) groups excluding carboxylic acids is 1. The van der Waals surface area contributed by atoms with Crippen molar-refractivity contribution in [1.82, 2.24) is 14.2 Å². The van der Waals surface area contributed by atoms with Crippen LogP contribution in [0.25, 0.3) is 10.9 Å². The minimum Gasteiger partial charge on any atom is -0.358 e. The van der Waals surface area contributed by atoms with Crippen molar-refractivity contribution >= 4 is 26.8 Å². The van der Waals surface area contributed by atoms with Crippen molar-refractivity contribution in [2.45, 2.75) is 12.8 Å². The predicted molar refractivity (Wildman–Crippen MR) is 94.2 cm³/mol. The van der Waals surface area contributed by atoms with Crippen molar-refractivity contribution < 1.29 is 30.8 Å². The zero-order valence-electron chi connectivity index (χ0n) is 15.2. The van der Waals surface area contributed by atoms with Crippen molar-refractivity contribution in [1.29, 1.82) is 0 Å². The Morgan fingerprint density at radius 1 is 1.18 bits per heavy atom. The summed E-state index contributed by atoms with van der Waals surface area (Å²) < 4.78 is 80.3. The first-order chi connectivity index (χ1) is 13.0. The quantitative estimate of drug-likeness (QED) is 0.468. The molecule has 1 aliphatic heterocycles. The number of hydrogen-bond donors (Lipinski definition) is 1. The molecular weight excluding hydrogens is 402 g/mol. The van der Waals surface area contributed by atoms with Gasteiger partial charge in [-0.15, -0.1) is 0 Å². The van der Waals surface area contributed by atoms with E-state index in [2.05, 4.69) is 4.98 Å². The molecule has 1 N–H and O–H groups in total. The number of carbonyl (C=O) groups is 1. The first-order valence-corrected chi connectivity index (χ1v) is 10.2. The SMILES string of the molecule is CN(C)S(=O)(=O)C[C@H]1CCCN(C(=O)c2c[nH]c3c(F)c(F)c(F)c(F)c23)C1. The summed E-state index contributed by atoms with van der Waals surface area (Å²) in [4.78, 5) is 16.4. The minimum absolute atomic E-state index is 0.104. The van der Waals surface area contributed by atoms with Crippen LogP contribution in [0.4, 0.5) is 17.6 Å². The lowest BCUT2D eigenvalue weighted by Gasteiger charge is -2.33. The summed E-state index contributed by atoms with van der Waals surface area (Å²) >= 11 is 0. The zero-order chi connectivity index (χ0) is 20.8. The molecule has 1 atom stereocenters. The number of aromatic nitrogens is 1. The van der Waals surface area contributed by atoms with E-state index in [1.54, 1.807) is 0 Å². The molecule has 28 heavy (non-hydrogen) atoms. The van der Waals surface area contributed by atoms with Crippen LogP contribution in [0.2, 0.25) is 0 Å². The molecule has 0 unspecified atom stereocenters. The number of amides is 1. The Balaban J connectivity index is 1.90. The second-order valence-corrected chi connectivity index (χ2v) is 9.26. The maximum atomic E-state index is 14.2. The van der Waals surface area contributed by atoms with Crippen LogP contribution in [0.5, 0.6) is 0 Å².